The molecule has 0 radical (unpaired) electrons. The van der Waals surface area contributed by atoms with Crippen LogP contribution in [-0.4, -0.2) is 64.0 Å². The molecule has 1 fully saturated rings. The molecule has 4 aromatic rings. The van der Waals surface area contributed by atoms with E-state index >= 15 is 0 Å². The molecule has 14 heteroatoms. The Labute approximate surface area is 265 Å². The van der Waals surface area contributed by atoms with E-state index in [1.54, 1.807) is 19.9 Å². The second kappa shape index (κ2) is 12.4. The van der Waals surface area contributed by atoms with Gasteiger partial charge in [0.2, 0.25) is 15.8 Å². The fourth-order valence-corrected chi connectivity index (χ4v) is 8.17. The molecule has 1 unspecified atom stereocenters. The first-order valence-electron chi connectivity index (χ1n) is 15.1. The number of anilines is 1. The predicted octanol–water partition coefficient (Wildman–Crippen LogP) is 4.81. The largest absolute Gasteiger partial charge is 0.466 e. The van der Waals surface area contributed by atoms with Crippen LogP contribution in [0.1, 0.15) is 77.7 Å². The van der Waals surface area contributed by atoms with Crippen LogP contribution in [0.15, 0.2) is 47.6 Å². The number of ether oxygens (including phenoxy) is 1. The quantitative estimate of drug-likeness (QED) is 0.247. The van der Waals surface area contributed by atoms with E-state index in [9.17, 15) is 27.3 Å². The topological polar surface area (TPSA) is 134 Å². The van der Waals surface area contributed by atoms with Crippen LogP contribution in [0.2, 0.25) is 0 Å². The van der Waals surface area contributed by atoms with Gasteiger partial charge in [-0.3, -0.25) is 9.20 Å². The van der Waals surface area contributed by atoms with Crippen molar-refractivity contribution in [1.29, 1.82) is 5.26 Å². The third kappa shape index (κ3) is 5.58. The number of halogens is 2. The highest BCUT2D eigenvalue weighted by Gasteiger charge is 2.40. The minimum atomic E-state index is -4.03. The van der Waals surface area contributed by atoms with Gasteiger partial charge in [0.15, 0.2) is 5.65 Å². The van der Waals surface area contributed by atoms with Gasteiger partial charge >= 0.3 is 5.97 Å². The summed E-state index contributed by atoms with van der Waals surface area (Å²) in [7, 11) is -4.03. The fraction of sp³-hybridized carbons (Fsp3) is 0.406. The Bertz CT molecular complexity index is 1970. The number of benzene rings is 1. The van der Waals surface area contributed by atoms with Crippen LogP contribution in [-0.2, 0) is 26.1 Å². The Hall–Kier alpha value is -4.48. The number of esters is 1. The molecule has 1 aromatic carbocycles. The van der Waals surface area contributed by atoms with E-state index in [0.717, 1.165) is 29.5 Å². The standard InChI is InChI=1S/C32H33F2N7O4S/c1-4-45-28(42)14-26(25-9-11-41-30(20(25)3)37-38-32(41)29(33)34)22-8-7-19(2)23(13-22)17-39-18-24-6-5-10-40(24)31-27(46(39,43)44)12-21(15-35)16-36-31/h7-9,11-13,16,24,26,29H,4-6,10,14,17-18H2,1-3H3/t24-,26?/m1/s1. The lowest BCUT2D eigenvalue weighted by Crippen LogP contribution is -2.39. The van der Waals surface area contributed by atoms with Crippen LogP contribution in [0, 0.1) is 25.2 Å². The average molecular weight is 650 g/mol. The van der Waals surface area contributed by atoms with Gasteiger partial charge in [0, 0.05) is 44.0 Å². The number of carbonyl (C=O) groups excluding carboxylic acids is 1. The molecular weight excluding hydrogens is 616 g/mol. The second-order valence-electron chi connectivity index (χ2n) is 11.6. The summed E-state index contributed by atoms with van der Waals surface area (Å²) in [4.78, 5) is 19.3. The number of nitriles is 1. The average Bonchev–Trinajstić information content (AvgIpc) is 3.67. The Kier molecular flexibility index (Phi) is 8.47. The molecule has 0 aliphatic carbocycles. The van der Waals surface area contributed by atoms with Crippen molar-refractivity contribution in [3.8, 4) is 6.07 Å². The number of alkyl halides is 2. The first kappa shape index (κ1) is 31.5. The molecule has 0 saturated carbocycles. The van der Waals surface area contributed by atoms with Crippen molar-refractivity contribution >= 4 is 27.5 Å². The number of pyridine rings is 2. The van der Waals surface area contributed by atoms with E-state index < -0.39 is 34.2 Å². The summed E-state index contributed by atoms with van der Waals surface area (Å²) in [6.07, 6.45) is 1.76. The van der Waals surface area contributed by atoms with Gasteiger partial charge in [0.05, 0.1) is 18.6 Å². The fourth-order valence-electron chi connectivity index (χ4n) is 6.53. The number of carbonyl (C=O) groups is 1. The maximum absolute atomic E-state index is 14.1. The van der Waals surface area contributed by atoms with E-state index in [2.05, 4.69) is 15.2 Å². The molecule has 0 bridgehead atoms. The molecule has 240 valence electrons. The monoisotopic (exact) mass is 649 g/mol. The zero-order valence-corrected chi connectivity index (χ0v) is 26.5. The lowest BCUT2D eigenvalue weighted by molar-refractivity contribution is -0.143. The molecule has 0 N–H and O–H groups in total. The van der Waals surface area contributed by atoms with Crippen molar-refractivity contribution in [2.75, 3.05) is 24.6 Å². The van der Waals surface area contributed by atoms with Crippen molar-refractivity contribution in [2.24, 2.45) is 0 Å². The summed E-state index contributed by atoms with van der Waals surface area (Å²) in [5, 5.41) is 17.2. The number of hydrogen-bond acceptors (Lipinski definition) is 9. The highest BCUT2D eigenvalue weighted by molar-refractivity contribution is 7.89. The van der Waals surface area contributed by atoms with Gasteiger partial charge in [-0.25, -0.2) is 22.2 Å². The lowest BCUT2D eigenvalue weighted by Gasteiger charge is -2.26. The van der Waals surface area contributed by atoms with E-state index in [1.807, 2.05) is 36.1 Å². The zero-order valence-electron chi connectivity index (χ0n) is 25.7. The van der Waals surface area contributed by atoms with Crippen LogP contribution < -0.4 is 4.90 Å². The number of aryl methyl sites for hydroxylation is 2. The maximum Gasteiger partial charge on any atom is 0.306 e. The first-order chi connectivity index (χ1) is 22.0. The van der Waals surface area contributed by atoms with Gasteiger partial charge in [-0.2, -0.15) is 9.57 Å². The predicted molar refractivity (Wildman–Crippen MR) is 164 cm³/mol. The normalized spacial score (nSPS) is 18.2. The van der Waals surface area contributed by atoms with Crippen molar-refractivity contribution in [3.05, 3.63) is 81.9 Å². The zero-order chi connectivity index (χ0) is 32.7. The van der Waals surface area contributed by atoms with Gasteiger partial charge in [-0.1, -0.05) is 18.2 Å². The Morgan fingerprint density at radius 2 is 2.00 bits per heavy atom. The van der Waals surface area contributed by atoms with Crippen LogP contribution >= 0.6 is 0 Å². The third-order valence-corrected chi connectivity index (χ3v) is 10.7. The molecule has 3 aromatic heterocycles. The Balaban J connectivity index is 1.41. The molecule has 5 heterocycles. The Morgan fingerprint density at radius 1 is 1.20 bits per heavy atom. The summed E-state index contributed by atoms with van der Waals surface area (Å²) < 4.78 is 63.3. The number of nitrogens with zero attached hydrogens (tertiary/aromatic N) is 7. The lowest BCUT2D eigenvalue weighted by atomic mass is 9.85. The highest BCUT2D eigenvalue weighted by Crippen LogP contribution is 2.38. The molecule has 11 nitrogen and oxygen atoms in total. The molecule has 46 heavy (non-hydrogen) atoms. The van der Waals surface area contributed by atoms with E-state index in [-0.39, 0.29) is 48.3 Å². The third-order valence-electron chi connectivity index (χ3n) is 8.91. The summed E-state index contributed by atoms with van der Waals surface area (Å²) in [5.41, 5.74) is 4.04. The maximum atomic E-state index is 14.1. The number of hydrogen-bond donors (Lipinski definition) is 0. The van der Waals surface area contributed by atoms with Crippen molar-refractivity contribution in [2.45, 2.75) is 69.9 Å². The number of rotatable bonds is 8. The molecule has 1 saturated heterocycles. The number of fused-ring (bicyclic) bond motifs is 4. The van der Waals surface area contributed by atoms with Crippen molar-refractivity contribution in [1.82, 2.24) is 23.9 Å². The van der Waals surface area contributed by atoms with Gasteiger partial charge < -0.3 is 9.64 Å². The Morgan fingerprint density at radius 3 is 2.74 bits per heavy atom. The van der Waals surface area contributed by atoms with Crippen molar-refractivity contribution < 1.29 is 26.7 Å². The van der Waals surface area contributed by atoms with E-state index in [1.165, 1.54) is 27.2 Å². The minimum absolute atomic E-state index is 0.0188. The molecular formula is C32H33F2N7O4S. The molecule has 2 atom stereocenters. The van der Waals surface area contributed by atoms with Crippen LogP contribution in [0.25, 0.3) is 5.65 Å². The molecule has 0 amide bonds. The minimum Gasteiger partial charge on any atom is -0.466 e. The van der Waals surface area contributed by atoms with Crippen LogP contribution in [0.5, 0.6) is 0 Å². The van der Waals surface area contributed by atoms with Gasteiger partial charge in [0.1, 0.15) is 16.8 Å². The SMILES string of the molecule is CCOC(=O)CC(c1ccc(C)c(CN2C[C@H]3CCCN3c3ncc(C#N)cc3S2(=O)=O)c1)c1ccn2c(C(F)F)nnc2c1C. The molecule has 2 aliphatic rings. The summed E-state index contributed by atoms with van der Waals surface area (Å²) in [5.74, 6) is -1.07. The van der Waals surface area contributed by atoms with Gasteiger partial charge in [0.25, 0.3) is 6.43 Å². The number of aromatic nitrogens is 4. The molecule has 2 aliphatic heterocycles. The van der Waals surface area contributed by atoms with E-state index in [0.29, 0.717) is 23.5 Å². The summed E-state index contributed by atoms with van der Waals surface area (Å²) in [6, 6.07) is 10.7. The van der Waals surface area contributed by atoms with Crippen molar-refractivity contribution in [3.63, 3.8) is 0 Å². The molecule has 0 spiro atoms. The van der Waals surface area contributed by atoms with Crippen LogP contribution in [0.3, 0.4) is 0 Å². The smallest absolute Gasteiger partial charge is 0.306 e. The first-order valence-corrected chi connectivity index (χ1v) is 16.5. The molecule has 6 rings (SSSR count). The van der Waals surface area contributed by atoms with Crippen LogP contribution in [0.4, 0.5) is 14.6 Å². The second-order valence-corrected chi connectivity index (χ2v) is 13.5. The number of sulfonamides is 1. The van der Waals surface area contributed by atoms with Gasteiger partial charge in [-0.05, 0) is 73.6 Å². The summed E-state index contributed by atoms with van der Waals surface area (Å²) >= 11 is 0. The van der Waals surface area contributed by atoms with E-state index in [4.69, 9.17) is 4.74 Å². The summed E-state index contributed by atoms with van der Waals surface area (Å²) in [6.45, 7) is 6.56. The van der Waals surface area contributed by atoms with Gasteiger partial charge in [-0.15, -0.1) is 10.2 Å². The highest BCUT2D eigenvalue weighted by atomic mass is 32.2.